The highest BCUT2D eigenvalue weighted by Gasteiger charge is 2.31. The molecular formula is C15H20FNO3. The van der Waals surface area contributed by atoms with E-state index >= 15 is 0 Å². The summed E-state index contributed by atoms with van der Waals surface area (Å²) in [5.74, 6) is -0.542. The molecule has 1 aliphatic rings. The monoisotopic (exact) mass is 281 g/mol. The summed E-state index contributed by atoms with van der Waals surface area (Å²) in [6.07, 6.45) is 0.786. The number of carbonyl (C=O) groups is 1. The molecule has 1 aromatic rings. The molecule has 1 saturated carbocycles. The normalized spacial score (nSPS) is 26.2. The average molecular weight is 281 g/mol. The number of hydrogen-bond acceptors (Lipinski definition) is 3. The smallest absolute Gasteiger partial charge is 0.220 e. The van der Waals surface area contributed by atoms with Gasteiger partial charge >= 0.3 is 0 Å². The molecule has 20 heavy (non-hydrogen) atoms. The first-order valence-corrected chi connectivity index (χ1v) is 6.97. The van der Waals surface area contributed by atoms with E-state index in [4.69, 9.17) is 0 Å². The second-order valence-electron chi connectivity index (χ2n) is 5.25. The van der Waals surface area contributed by atoms with Crippen LogP contribution < -0.4 is 5.32 Å². The standard InChI is InChI=1S/C15H20FNO3/c16-11-5-2-1-4-10(11)8-9-14(19)17-12-6-3-7-13(18)15(12)20/h1-2,4-5,12-13,15,18,20H,3,6-9H2,(H,17,19)/t12-,13-,15-/m1/s1. The van der Waals surface area contributed by atoms with Gasteiger partial charge in [-0.15, -0.1) is 0 Å². The van der Waals surface area contributed by atoms with Gasteiger partial charge in [-0.1, -0.05) is 18.2 Å². The predicted molar refractivity (Wildman–Crippen MR) is 72.5 cm³/mol. The third-order valence-corrected chi connectivity index (χ3v) is 3.75. The summed E-state index contributed by atoms with van der Waals surface area (Å²) in [5, 5.41) is 22.1. The Balaban J connectivity index is 1.82. The van der Waals surface area contributed by atoms with Crippen molar-refractivity contribution in [1.29, 1.82) is 0 Å². The summed E-state index contributed by atoms with van der Waals surface area (Å²) < 4.78 is 13.4. The Morgan fingerprint density at radius 2 is 2.05 bits per heavy atom. The predicted octanol–water partition coefficient (Wildman–Crippen LogP) is 1.15. The van der Waals surface area contributed by atoms with Crippen molar-refractivity contribution in [3.05, 3.63) is 35.6 Å². The molecule has 0 unspecified atom stereocenters. The van der Waals surface area contributed by atoms with E-state index in [0.29, 0.717) is 24.8 Å². The molecule has 1 aromatic carbocycles. The average Bonchev–Trinajstić information content (AvgIpc) is 2.43. The van der Waals surface area contributed by atoms with Crippen LogP contribution in [0.1, 0.15) is 31.2 Å². The van der Waals surface area contributed by atoms with Crippen LogP contribution in [-0.4, -0.2) is 34.4 Å². The van der Waals surface area contributed by atoms with Crippen LogP contribution in [0.2, 0.25) is 0 Å². The Bertz CT molecular complexity index is 466. The fraction of sp³-hybridized carbons (Fsp3) is 0.533. The fourth-order valence-electron chi connectivity index (χ4n) is 2.54. The maximum atomic E-state index is 13.4. The molecule has 0 radical (unpaired) electrons. The molecule has 3 N–H and O–H groups in total. The van der Waals surface area contributed by atoms with Gasteiger partial charge in [0.05, 0.1) is 18.2 Å². The van der Waals surface area contributed by atoms with E-state index in [-0.39, 0.29) is 18.1 Å². The van der Waals surface area contributed by atoms with Crippen LogP contribution in [0.15, 0.2) is 24.3 Å². The number of aryl methyl sites for hydroxylation is 1. The minimum atomic E-state index is -0.916. The Labute approximate surface area is 117 Å². The van der Waals surface area contributed by atoms with Gasteiger partial charge in [-0.2, -0.15) is 0 Å². The molecule has 1 aliphatic carbocycles. The van der Waals surface area contributed by atoms with Crippen molar-refractivity contribution in [2.24, 2.45) is 0 Å². The molecule has 1 fully saturated rings. The number of rotatable bonds is 4. The number of hydrogen-bond donors (Lipinski definition) is 3. The summed E-state index contributed by atoms with van der Waals surface area (Å²) in [7, 11) is 0. The van der Waals surface area contributed by atoms with Crippen LogP contribution in [0.25, 0.3) is 0 Å². The lowest BCUT2D eigenvalue weighted by atomic mass is 9.90. The van der Waals surface area contributed by atoms with Crippen LogP contribution in [-0.2, 0) is 11.2 Å². The molecule has 110 valence electrons. The number of carbonyl (C=O) groups excluding carboxylic acids is 1. The molecule has 3 atom stereocenters. The van der Waals surface area contributed by atoms with E-state index in [2.05, 4.69) is 5.32 Å². The van der Waals surface area contributed by atoms with Crippen molar-refractivity contribution in [3.63, 3.8) is 0 Å². The molecule has 5 heteroatoms. The van der Waals surface area contributed by atoms with Crippen molar-refractivity contribution in [2.45, 2.75) is 50.4 Å². The highest BCUT2D eigenvalue weighted by atomic mass is 19.1. The van der Waals surface area contributed by atoms with Gasteiger partial charge in [0.1, 0.15) is 5.82 Å². The van der Waals surface area contributed by atoms with Gasteiger partial charge in [-0.25, -0.2) is 4.39 Å². The van der Waals surface area contributed by atoms with E-state index in [0.717, 1.165) is 6.42 Å². The summed E-state index contributed by atoms with van der Waals surface area (Å²) in [6, 6.07) is 5.96. The first kappa shape index (κ1) is 14.9. The summed E-state index contributed by atoms with van der Waals surface area (Å²) >= 11 is 0. The van der Waals surface area contributed by atoms with Crippen LogP contribution in [0, 0.1) is 5.82 Å². The fourth-order valence-corrected chi connectivity index (χ4v) is 2.54. The van der Waals surface area contributed by atoms with Crippen molar-refractivity contribution in [1.82, 2.24) is 5.32 Å². The van der Waals surface area contributed by atoms with Gasteiger partial charge in [-0.3, -0.25) is 4.79 Å². The van der Waals surface area contributed by atoms with Gasteiger partial charge in [0.2, 0.25) is 5.91 Å². The number of aliphatic hydroxyl groups is 2. The second kappa shape index (κ2) is 6.81. The minimum Gasteiger partial charge on any atom is -0.390 e. The van der Waals surface area contributed by atoms with Gasteiger partial charge < -0.3 is 15.5 Å². The topological polar surface area (TPSA) is 69.6 Å². The molecule has 0 bridgehead atoms. The molecule has 0 aromatic heterocycles. The number of amides is 1. The second-order valence-corrected chi connectivity index (χ2v) is 5.25. The van der Waals surface area contributed by atoms with Crippen molar-refractivity contribution in [2.75, 3.05) is 0 Å². The lowest BCUT2D eigenvalue weighted by Crippen LogP contribution is -2.51. The molecule has 0 aliphatic heterocycles. The quantitative estimate of drug-likeness (QED) is 0.775. The number of aliphatic hydroxyl groups excluding tert-OH is 2. The van der Waals surface area contributed by atoms with E-state index in [1.54, 1.807) is 18.2 Å². The number of halogens is 1. The maximum Gasteiger partial charge on any atom is 0.220 e. The van der Waals surface area contributed by atoms with Crippen molar-refractivity contribution in [3.8, 4) is 0 Å². The maximum absolute atomic E-state index is 13.4. The minimum absolute atomic E-state index is 0.167. The van der Waals surface area contributed by atoms with Gasteiger partial charge in [0.15, 0.2) is 0 Å². The molecule has 0 saturated heterocycles. The van der Waals surface area contributed by atoms with Crippen molar-refractivity contribution < 1.29 is 19.4 Å². The largest absolute Gasteiger partial charge is 0.390 e. The summed E-state index contributed by atoms with van der Waals surface area (Å²) in [4.78, 5) is 11.8. The Hall–Kier alpha value is -1.46. The summed E-state index contributed by atoms with van der Waals surface area (Å²) in [5.41, 5.74) is 0.506. The Morgan fingerprint density at radius 3 is 2.80 bits per heavy atom. The molecule has 4 nitrogen and oxygen atoms in total. The highest BCUT2D eigenvalue weighted by Crippen LogP contribution is 2.19. The van der Waals surface area contributed by atoms with E-state index in [1.807, 2.05) is 0 Å². The van der Waals surface area contributed by atoms with Crippen LogP contribution in [0.3, 0.4) is 0 Å². The lowest BCUT2D eigenvalue weighted by Gasteiger charge is -2.32. The zero-order valence-electron chi connectivity index (χ0n) is 11.3. The first-order valence-electron chi connectivity index (χ1n) is 6.97. The number of nitrogens with one attached hydrogen (secondary N) is 1. The van der Waals surface area contributed by atoms with E-state index in [9.17, 15) is 19.4 Å². The van der Waals surface area contributed by atoms with Crippen LogP contribution in [0.4, 0.5) is 4.39 Å². The van der Waals surface area contributed by atoms with Gasteiger partial charge in [-0.05, 0) is 37.3 Å². The zero-order chi connectivity index (χ0) is 14.5. The SMILES string of the molecule is O=C(CCc1ccccc1F)N[C@@H]1CCC[C@@H](O)[C@@H]1O. The molecule has 0 heterocycles. The lowest BCUT2D eigenvalue weighted by molar-refractivity contribution is -0.124. The Morgan fingerprint density at radius 1 is 1.30 bits per heavy atom. The van der Waals surface area contributed by atoms with E-state index < -0.39 is 18.2 Å². The highest BCUT2D eigenvalue weighted by molar-refractivity contribution is 5.76. The third kappa shape index (κ3) is 3.77. The Kier molecular flexibility index (Phi) is 5.09. The first-order chi connectivity index (χ1) is 9.58. The molecular weight excluding hydrogens is 261 g/mol. The summed E-state index contributed by atoms with van der Waals surface area (Å²) in [6.45, 7) is 0. The van der Waals surface area contributed by atoms with Crippen LogP contribution in [0.5, 0.6) is 0 Å². The molecule has 1 amide bonds. The van der Waals surface area contributed by atoms with Crippen LogP contribution >= 0.6 is 0 Å². The van der Waals surface area contributed by atoms with Crippen molar-refractivity contribution >= 4 is 5.91 Å². The zero-order valence-corrected chi connectivity index (χ0v) is 11.3. The van der Waals surface area contributed by atoms with E-state index in [1.165, 1.54) is 6.07 Å². The van der Waals surface area contributed by atoms with Gasteiger partial charge in [0.25, 0.3) is 0 Å². The molecule has 0 spiro atoms. The number of benzene rings is 1. The third-order valence-electron chi connectivity index (χ3n) is 3.75. The van der Waals surface area contributed by atoms with Gasteiger partial charge in [0, 0.05) is 6.42 Å². The molecule has 2 rings (SSSR count).